The molecule has 1 aliphatic rings. The molecule has 1 aliphatic heterocycles. The lowest BCUT2D eigenvalue weighted by Gasteiger charge is -2.04. The van der Waals surface area contributed by atoms with Crippen LogP contribution in [0.1, 0.15) is 19.8 Å². The zero-order valence-electron chi connectivity index (χ0n) is 6.13. The van der Waals surface area contributed by atoms with E-state index in [-0.39, 0.29) is 18.8 Å². The Morgan fingerprint density at radius 1 is 1.60 bits per heavy atom. The second-order valence-electron chi connectivity index (χ2n) is 2.40. The van der Waals surface area contributed by atoms with Crippen molar-refractivity contribution in [3.8, 4) is 11.8 Å². The van der Waals surface area contributed by atoms with Crippen LogP contribution in [-0.4, -0.2) is 23.9 Å². The molecule has 10 heavy (non-hydrogen) atoms. The van der Waals surface area contributed by atoms with Crippen LogP contribution in [-0.2, 0) is 4.74 Å². The van der Waals surface area contributed by atoms with Crippen LogP contribution in [0.3, 0.4) is 0 Å². The Hall–Kier alpha value is -0.520. The fourth-order valence-corrected chi connectivity index (χ4v) is 1.11. The van der Waals surface area contributed by atoms with Gasteiger partial charge in [-0.05, 0) is 19.8 Å². The maximum atomic E-state index is 8.68. The van der Waals surface area contributed by atoms with E-state index in [1.165, 1.54) is 0 Å². The first-order valence-electron chi connectivity index (χ1n) is 3.55. The lowest BCUT2D eigenvalue weighted by Crippen LogP contribution is -2.12. The van der Waals surface area contributed by atoms with Gasteiger partial charge in [0.1, 0.15) is 6.10 Å². The fourth-order valence-electron chi connectivity index (χ4n) is 1.11. The third-order valence-corrected chi connectivity index (χ3v) is 1.62. The largest absolute Gasteiger partial charge is 0.394 e. The van der Waals surface area contributed by atoms with Gasteiger partial charge in [-0.3, -0.25) is 0 Å². The Morgan fingerprint density at radius 3 is 2.90 bits per heavy atom. The summed E-state index contributed by atoms with van der Waals surface area (Å²) in [5.74, 6) is 5.72. The molecule has 56 valence electrons. The molecule has 1 rings (SSSR count). The Kier molecular flexibility index (Phi) is 2.73. The van der Waals surface area contributed by atoms with Gasteiger partial charge in [0.2, 0.25) is 0 Å². The molecule has 0 bridgehead atoms. The van der Waals surface area contributed by atoms with Gasteiger partial charge in [-0.1, -0.05) is 5.92 Å². The number of aliphatic hydroxyl groups excluding tert-OH is 1. The second kappa shape index (κ2) is 3.60. The summed E-state index contributed by atoms with van der Waals surface area (Å²) >= 11 is 0. The minimum absolute atomic E-state index is 0.0332. The van der Waals surface area contributed by atoms with Crippen molar-refractivity contribution in [3.05, 3.63) is 0 Å². The molecule has 0 aromatic rings. The van der Waals surface area contributed by atoms with Crippen LogP contribution >= 0.6 is 0 Å². The van der Waals surface area contributed by atoms with Crippen LogP contribution < -0.4 is 0 Å². The highest BCUT2D eigenvalue weighted by molar-refractivity contribution is 5.04. The van der Waals surface area contributed by atoms with Crippen LogP contribution in [0.15, 0.2) is 0 Å². The highest BCUT2D eigenvalue weighted by atomic mass is 16.5. The maximum Gasteiger partial charge on any atom is 0.118 e. The normalized spacial score (nSPS) is 31.4. The fraction of sp³-hybridized carbons (Fsp3) is 0.750. The van der Waals surface area contributed by atoms with Gasteiger partial charge >= 0.3 is 0 Å². The highest BCUT2D eigenvalue weighted by Crippen LogP contribution is 2.17. The average molecular weight is 140 g/mol. The highest BCUT2D eigenvalue weighted by Gasteiger charge is 2.22. The molecule has 2 nitrogen and oxygen atoms in total. The van der Waals surface area contributed by atoms with E-state index in [4.69, 9.17) is 9.84 Å². The quantitative estimate of drug-likeness (QED) is 0.539. The molecule has 0 amide bonds. The van der Waals surface area contributed by atoms with Gasteiger partial charge in [-0.25, -0.2) is 0 Å². The number of hydrogen-bond acceptors (Lipinski definition) is 2. The Balaban J connectivity index is 2.33. The van der Waals surface area contributed by atoms with Crippen molar-refractivity contribution in [2.75, 3.05) is 6.61 Å². The van der Waals surface area contributed by atoms with Crippen LogP contribution in [0.5, 0.6) is 0 Å². The molecular formula is C8H12O2. The molecule has 0 saturated carbocycles. The van der Waals surface area contributed by atoms with Crippen molar-refractivity contribution in [1.29, 1.82) is 0 Å². The average Bonchev–Trinajstić information content (AvgIpc) is 2.37. The van der Waals surface area contributed by atoms with Gasteiger partial charge in [0.15, 0.2) is 0 Å². The summed E-state index contributed by atoms with van der Waals surface area (Å²) in [5.41, 5.74) is 0. The molecule has 0 aliphatic carbocycles. The van der Waals surface area contributed by atoms with E-state index < -0.39 is 0 Å². The summed E-state index contributed by atoms with van der Waals surface area (Å²) in [6.07, 6.45) is 2.01. The molecule has 1 fully saturated rings. The Morgan fingerprint density at radius 2 is 2.40 bits per heavy atom. The van der Waals surface area contributed by atoms with Crippen LogP contribution in [0.25, 0.3) is 0 Å². The van der Waals surface area contributed by atoms with Crippen molar-refractivity contribution in [2.24, 2.45) is 0 Å². The van der Waals surface area contributed by atoms with Gasteiger partial charge in [-0.2, -0.15) is 0 Å². The van der Waals surface area contributed by atoms with E-state index in [1.807, 2.05) is 0 Å². The van der Waals surface area contributed by atoms with E-state index in [0.717, 1.165) is 12.8 Å². The number of rotatable bonds is 1. The first-order valence-corrected chi connectivity index (χ1v) is 3.55. The third kappa shape index (κ3) is 1.73. The lowest BCUT2D eigenvalue weighted by molar-refractivity contribution is 0.0346. The van der Waals surface area contributed by atoms with Gasteiger partial charge in [0.25, 0.3) is 0 Å². The van der Waals surface area contributed by atoms with Gasteiger partial charge < -0.3 is 9.84 Å². The number of aliphatic hydroxyl groups is 1. The summed E-state index contributed by atoms with van der Waals surface area (Å²) in [6, 6.07) is 0. The van der Waals surface area contributed by atoms with Gasteiger partial charge in [-0.15, -0.1) is 5.92 Å². The Bertz CT molecular complexity index is 154. The molecule has 1 saturated heterocycles. The summed E-state index contributed by atoms with van der Waals surface area (Å²) in [5, 5.41) is 8.68. The zero-order valence-corrected chi connectivity index (χ0v) is 6.13. The van der Waals surface area contributed by atoms with Crippen molar-refractivity contribution in [2.45, 2.75) is 32.0 Å². The van der Waals surface area contributed by atoms with E-state index in [1.54, 1.807) is 6.92 Å². The molecule has 1 heterocycles. The smallest absolute Gasteiger partial charge is 0.118 e. The molecule has 0 radical (unpaired) electrons. The molecule has 1 N–H and O–H groups in total. The minimum Gasteiger partial charge on any atom is -0.394 e. The predicted molar refractivity (Wildman–Crippen MR) is 38.4 cm³/mol. The minimum atomic E-state index is 0.0332. The van der Waals surface area contributed by atoms with E-state index >= 15 is 0 Å². The molecule has 2 heteroatoms. The molecule has 0 aromatic heterocycles. The molecule has 2 unspecified atom stereocenters. The topological polar surface area (TPSA) is 29.5 Å². The maximum absolute atomic E-state index is 8.68. The summed E-state index contributed by atoms with van der Waals surface area (Å²) in [7, 11) is 0. The predicted octanol–water partition coefficient (Wildman–Crippen LogP) is 0.550. The molecule has 0 spiro atoms. The standard InChI is InChI=1S/C8H12O2/c1-2-3-7-4-5-8(6-9)10-7/h7-9H,4-6H2,1H3. The first-order chi connectivity index (χ1) is 4.86. The molecular weight excluding hydrogens is 128 g/mol. The van der Waals surface area contributed by atoms with Gasteiger partial charge in [0, 0.05) is 0 Å². The number of hydrogen-bond donors (Lipinski definition) is 1. The monoisotopic (exact) mass is 140 g/mol. The van der Waals surface area contributed by atoms with Crippen LogP contribution in [0.4, 0.5) is 0 Å². The van der Waals surface area contributed by atoms with E-state index in [9.17, 15) is 0 Å². The molecule has 0 aromatic carbocycles. The van der Waals surface area contributed by atoms with Gasteiger partial charge in [0.05, 0.1) is 12.7 Å². The van der Waals surface area contributed by atoms with E-state index in [0.29, 0.717) is 0 Å². The van der Waals surface area contributed by atoms with Crippen molar-refractivity contribution in [1.82, 2.24) is 0 Å². The van der Waals surface area contributed by atoms with Crippen LogP contribution in [0, 0.1) is 11.8 Å². The van der Waals surface area contributed by atoms with Crippen molar-refractivity contribution >= 4 is 0 Å². The molecule has 2 atom stereocenters. The first kappa shape index (κ1) is 7.59. The van der Waals surface area contributed by atoms with Crippen LogP contribution in [0.2, 0.25) is 0 Å². The third-order valence-electron chi connectivity index (χ3n) is 1.62. The van der Waals surface area contributed by atoms with E-state index in [2.05, 4.69) is 11.8 Å². The lowest BCUT2D eigenvalue weighted by atomic mass is 10.2. The SMILES string of the molecule is CC#CC1CCC(CO)O1. The Labute approximate surface area is 61.2 Å². The second-order valence-corrected chi connectivity index (χ2v) is 2.40. The summed E-state index contributed by atoms with van der Waals surface area (Å²) in [4.78, 5) is 0. The zero-order chi connectivity index (χ0) is 7.40. The van der Waals surface area contributed by atoms with Crippen molar-refractivity contribution < 1.29 is 9.84 Å². The number of ether oxygens (including phenoxy) is 1. The van der Waals surface area contributed by atoms with Crippen molar-refractivity contribution in [3.63, 3.8) is 0 Å². The summed E-state index contributed by atoms with van der Waals surface area (Å²) < 4.78 is 5.33. The summed E-state index contributed by atoms with van der Waals surface area (Å²) in [6.45, 7) is 1.93.